The van der Waals surface area contributed by atoms with Gasteiger partial charge in [-0.05, 0) is 19.7 Å². The van der Waals surface area contributed by atoms with E-state index < -0.39 is 5.92 Å². The first-order valence-corrected chi connectivity index (χ1v) is 7.04. The van der Waals surface area contributed by atoms with Crippen molar-refractivity contribution in [2.45, 2.75) is 18.8 Å². The fraction of sp³-hybridized carbons (Fsp3) is 0.438. The lowest BCUT2D eigenvalue weighted by Crippen LogP contribution is -2.36. The molecule has 0 N–H and O–H groups in total. The third-order valence-corrected chi connectivity index (χ3v) is 3.62. The van der Waals surface area contributed by atoms with Gasteiger partial charge in [0.25, 0.3) is 0 Å². The zero-order chi connectivity index (χ0) is 15.4. The van der Waals surface area contributed by atoms with E-state index in [9.17, 15) is 14.4 Å². The van der Waals surface area contributed by atoms with Crippen LogP contribution in [-0.4, -0.2) is 54.6 Å². The lowest BCUT2D eigenvalue weighted by atomic mass is 9.98. The van der Waals surface area contributed by atoms with Gasteiger partial charge in [0.1, 0.15) is 0 Å². The van der Waals surface area contributed by atoms with Crippen molar-refractivity contribution in [3.8, 4) is 0 Å². The van der Waals surface area contributed by atoms with Gasteiger partial charge < -0.3 is 4.90 Å². The molecule has 2 rings (SSSR count). The molecule has 1 aliphatic heterocycles. The van der Waals surface area contributed by atoms with Crippen LogP contribution in [0.25, 0.3) is 0 Å². The first-order chi connectivity index (χ1) is 9.99. The number of likely N-dealkylation sites (tertiary alicyclic amines) is 1. The zero-order valence-corrected chi connectivity index (χ0v) is 12.4. The normalized spacial score (nSPS) is 18.6. The van der Waals surface area contributed by atoms with Crippen LogP contribution in [0.1, 0.15) is 24.3 Å². The van der Waals surface area contributed by atoms with Gasteiger partial charge in [-0.15, -0.1) is 0 Å². The molecule has 1 unspecified atom stereocenters. The van der Waals surface area contributed by atoms with E-state index >= 15 is 0 Å². The van der Waals surface area contributed by atoms with Crippen LogP contribution in [0.4, 0.5) is 0 Å². The van der Waals surface area contributed by atoms with E-state index in [0.29, 0.717) is 13.0 Å². The molecule has 0 saturated carbocycles. The minimum absolute atomic E-state index is 0.0842. The molecule has 5 heteroatoms. The molecular weight excluding hydrogens is 268 g/mol. The summed E-state index contributed by atoms with van der Waals surface area (Å²) in [6, 6.07) is 9.24. The number of nitrogens with zero attached hydrogens (tertiary/aromatic N) is 2. The lowest BCUT2D eigenvalue weighted by Gasteiger charge is -2.15. The number of amides is 2. The van der Waals surface area contributed by atoms with Gasteiger partial charge in [-0.3, -0.25) is 19.3 Å². The minimum Gasteiger partial charge on any atom is -0.309 e. The fourth-order valence-corrected chi connectivity index (χ4v) is 2.40. The van der Waals surface area contributed by atoms with E-state index in [1.807, 2.05) is 49.3 Å². The summed E-state index contributed by atoms with van der Waals surface area (Å²) >= 11 is 0. The Morgan fingerprint density at radius 3 is 2.52 bits per heavy atom. The summed E-state index contributed by atoms with van der Waals surface area (Å²) in [7, 11) is 3.76. The lowest BCUT2D eigenvalue weighted by molar-refractivity contribution is -0.142. The van der Waals surface area contributed by atoms with Gasteiger partial charge in [0, 0.05) is 19.4 Å². The molecule has 0 aromatic heterocycles. The Kier molecular flexibility index (Phi) is 4.85. The van der Waals surface area contributed by atoms with Gasteiger partial charge in [0.2, 0.25) is 11.8 Å². The number of carbonyl (C=O) groups excluding carboxylic acids is 3. The predicted molar refractivity (Wildman–Crippen MR) is 78.7 cm³/mol. The molecule has 0 aliphatic carbocycles. The molecular formula is C16H20N2O3. The van der Waals surface area contributed by atoms with Gasteiger partial charge in [0.05, 0.1) is 12.5 Å². The Morgan fingerprint density at radius 1 is 1.24 bits per heavy atom. The molecule has 5 nitrogen and oxygen atoms in total. The summed E-state index contributed by atoms with van der Waals surface area (Å²) in [4.78, 5) is 39.2. The van der Waals surface area contributed by atoms with E-state index in [4.69, 9.17) is 0 Å². The molecule has 1 fully saturated rings. The van der Waals surface area contributed by atoms with Crippen LogP contribution in [0.15, 0.2) is 30.3 Å². The maximum atomic E-state index is 12.3. The van der Waals surface area contributed by atoms with Crippen LogP contribution >= 0.6 is 0 Å². The third kappa shape index (κ3) is 3.76. The molecule has 1 atom stereocenters. The van der Waals surface area contributed by atoms with E-state index in [2.05, 4.69) is 0 Å². The topological polar surface area (TPSA) is 57.7 Å². The number of rotatable bonds is 6. The molecule has 1 aliphatic rings. The second-order valence-corrected chi connectivity index (χ2v) is 5.58. The van der Waals surface area contributed by atoms with Gasteiger partial charge in [-0.25, -0.2) is 0 Å². The Labute approximate surface area is 124 Å². The number of imide groups is 1. The summed E-state index contributed by atoms with van der Waals surface area (Å²) in [5, 5.41) is 0. The number of hydrogen-bond acceptors (Lipinski definition) is 4. The van der Waals surface area contributed by atoms with Crippen molar-refractivity contribution in [3.05, 3.63) is 35.9 Å². The molecule has 21 heavy (non-hydrogen) atoms. The zero-order valence-electron chi connectivity index (χ0n) is 12.4. The number of ketones is 1. The maximum absolute atomic E-state index is 12.3. The van der Waals surface area contributed by atoms with Crippen molar-refractivity contribution in [1.29, 1.82) is 0 Å². The molecule has 1 aromatic rings. The van der Waals surface area contributed by atoms with Crippen LogP contribution < -0.4 is 0 Å². The van der Waals surface area contributed by atoms with Crippen LogP contribution in [-0.2, 0) is 14.4 Å². The molecule has 0 bridgehead atoms. The second-order valence-electron chi connectivity index (χ2n) is 5.58. The van der Waals surface area contributed by atoms with Gasteiger partial charge >= 0.3 is 0 Å². The second kappa shape index (κ2) is 6.63. The van der Waals surface area contributed by atoms with Crippen LogP contribution in [0.5, 0.6) is 0 Å². The number of benzene rings is 1. The molecule has 0 spiro atoms. The van der Waals surface area contributed by atoms with Crippen molar-refractivity contribution < 1.29 is 14.4 Å². The summed E-state index contributed by atoms with van der Waals surface area (Å²) in [6.45, 7) is 0.520. The molecule has 0 radical (unpaired) electrons. The average Bonchev–Trinajstić information content (AvgIpc) is 2.74. The van der Waals surface area contributed by atoms with Gasteiger partial charge in [0.15, 0.2) is 5.78 Å². The first kappa shape index (κ1) is 15.4. The van der Waals surface area contributed by atoms with E-state index in [-0.39, 0.29) is 30.6 Å². The summed E-state index contributed by atoms with van der Waals surface area (Å²) in [5.74, 6) is -1.05. The van der Waals surface area contributed by atoms with Gasteiger partial charge in [-0.1, -0.05) is 30.3 Å². The predicted octanol–water partition coefficient (Wildman–Crippen LogP) is 1.05. The van der Waals surface area contributed by atoms with Crippen molar-refractivity contribution in [3.63, 3.8) is 0 Å². The Morgan fingerprint density at radius 2 is 1.90 bits per heavy atom. The first-order valence-electron chi connectivity index (χ1n) is 7.04. The SMILES string of the molecule is CN(C)CCC(=O)CN1C(=O)CC(c2ccccc2)C1=O. The fourth-order valence-electron chi connectivity index (χ4n) is 2.40. The van der Waals surface area contributed by atoms with Crippen LogP contribution in [0.2, 0.25) is 0 Å². The summed E-state index contributed by atoms with van der Waals surface area (Å²) in [6.07, 6.45) is 0.504. The Bertz CT molecular complexity index is 540. The van der Waals surface area contributed by atoms with Crippen molar-refractivity contribution >= 4 is 17.6 Å². The highest BCUT2D eigenvalue weighted by Crippen LogP contribution is 2.29. The quantitative estimate of drug-likeness (QED) is 0.734. The molecule has 2 amide bonds. The number of Topliss-reactive ketones (excluding diaryl/α,β-unsaturated/α-hetero) is 1. The average molecular weight is 288 g/mol. The standard InChI is InChI=1S/C16H20N2O3/c1-17(2)9-8-13(19)11-18-15(20)10-14(16(18)21)12-6-4-3-5-7-12/h3-7,14H,8-11H2,1-2H3. The molecule has 1 aromatic carbocycles. The Balaban J connectivity index is 2.00. The largest absolute Gasteiger partial charge is 0.309 e. The minimum atomic E-state index is -0.444. The summed E-state index contributed by atoms with van der Waals surface area (Å²) in [5.41, 5.74) is 0.832. The van der Waals surface area contributed by atoms with Crippen molar-refractivity contribution in [2.24, 2.45) is 0 Å². The molecule has 1 heterocycles. The number of carbonyl (C=O) groups is 3. The van der Waals surface area contributed by atoms with Crippen molar-refractivity contribution in [2.75, 3.05) is 27.2 Å². The highest BCUT2D eigenvalue weighted by Gasteiger charge is 2.39. The Hall–Kier alpha value is -2.01. The highest BCUT2D eigenvalue weighted by molar-refractivity contribution is 6.08. The van der Waals surface area contributed by atoms with E-state index in [1.54, 1.807) is 0 Å². The highest BCUT2D eigenvalue weighted by atomic mass is 16.2. The smallest absolute Gasteiger partial charge is 0.237 e. The van der Waals surface area contributed by atoms with Gasteiger partial charge in [-0.2, -0.15) is 0 Å². The van der Waals surface area contributed by atoms with Crippen LogP contribution in [0, 0.1) is 0 Å². The molecule has 1 saturated heterocycles. The van der Waals surface area contributed by atoms with E-state index in [0.717, 1.165) is 10.5 Å². The van der Waals surface area contributed by atoms with Crippen LogP contribution in [0.3, 0.4) is 0 Å². The molecule has 112 valence electrons. The van der Waals surface area contributed by atoms with Crippen molar-refractivity contribution in [1.82, 2.24) is 9.80 Å². The maximum Gasteiger partial charge on any atom is 0.237 e. The summed E-state index contributed by atoms with van der Waals surface area (Å²) < 4.78 is 0. The van der Waals surface area contributed by atoms with E-state index in [1.165, 1.54) is 0 Å². The number of hydrogen-bond donors (Lipinski definition) is 0. The third-order valence-electron chi connectivity index (χ3n) is 3.62. The monoisotopic (exact) mass is 288 g/mol.